The van der Waals surface area contributed by atoms with E-state index in [1.165, 1.54) is 0 Å². The molecule has 1 rings (SSSR count). The van der Waals surface area contributed by atoms with E-state index in [0.717, 1.165) is 12.5 Å². The van der Waals surface area contributed by atoms with Crippen molar-refractivity contribution >= 4 is 28.9 Å². The lowest BCUT2D eigenvalue weighted by atomic mass is 10.0. The van der Waals surface area contributed by atoms with Crippen LogP contribution in [-0.2, 0) is 6.42 Å². The van der Waals surface area contributed by atoms with Crippen molar-refractivity contribution in [2.45, 2.75) is 26.7 Å². The van der Waals surface area contributed by atoms with Gasteiger partial charge in [-0.15, -0.1) is 0 Å². The summed E-state index contributed by atoms with van der Waals surface area (Å²) in [5, 5.41) is 20.4. The molecular weight excluding hydrogens is 265 g/mol. The van der Waals surface area contributed by atoms with E-state index < -0.39 is 16.4 Å². The minimum atomic E-state index is -0.709. The molecule has 0 aliphatic heterocycles. The summed E-state index contributed by atoms with van der Waals surface area (Å²) >= 11 is 11.8. The maximum absolute atomic E-state index is 10.6. The van der Waals surface area contributed by atoms with Crippen LogP contribution in [0, 0.1) is 16.0 Å². The predicted octanol–water partition coefficient (Wildman–Crippen LogP) is 4.20. The number of aromatic hydroxyl groups is 1. The summed E-state index contributed by atoms with van der Waals surface area (Å²) in [6.45, 7) is 4.10. The SMILES string of the molecule is CC(C)CCc1c(Cl)cc([N+](=O)[O-])c(O)c1Cl. The molecule has 0 radical (unpaired) electrons. The smallest absolute Gasteiger partial charge is 0.313 e. The number of phenols is 1. The maximum atomic E-state index is 10.6. The molecule has 1 N–H and O–H groups in total. The molecule has 0 bridgehead atoms. The van der Waals surface area contributed by atoms with E-state index in [-0.39, 0.29) is 10.0 Å². The molecule has 0 atom stereocenters. The Kier molecular flexibility index (Phi) is 4.60. The van der Waals surface area contributed by atoms with Crippen LogP contribution in [0.2, 0.25) is 10.0 Å². The Labute approximate surface area is 109 Å². The summed E-state index contributed by atoms with van der Waals surface area (Å²) < 4.78 is 0. The van der Waals surface area contributed by atoms with Crippen molar-refractivity contribution in [2.75, 3.05) is 0 Å². The van der Waals surface area contributed by atoms with Gasteiger partial charge in [0.05, 0.1) is 15.0 Å². The first-order valence-electron chi connectivity index (χ1n) is 5.18. The first kappa shape index (κ1) is 14.1. The highest BCUT2D eigenvalue weighted by atomic mass is 35.5. The van der Waals surface area contributed by atoms with Crippen LogP contribution in [0.1, 0.15) is 25.8 Å². The second-order valence-electron chi connectivity index (χ2n) is 4.21. The second-order valence-corrected chi connectivity index (χ2v) is 4.99. The summed E-state index contributed by atoms with van der Waals surface area (Å²) in [7, 11) is 0. The largest absolute Gasteiger partial charge is 0.501 e. The highest BCUT2D eigenvalue weighted by molar-refractivity contribution is 6.37. The highest BCUT2D eigenvalue weighted by Crippen LogP contribution is 2.41. The van der Waals surface area contributed by atoms with Crippen molar-refractivity contribution in [3.63, 3.8) is 0 Å². The number of rotatable bonds is 4. The minimum absolute atomic E-state index is 0.0233. The van der Waals surface area contributed by atoms with Gasteiger partial charge in [0.2, 0.25) is 5.75 Å². The van der Waals surface area contributed by atoms with Crippen molar-refractivity contribution in [1.29, 1.82) is 0 Å². The van der Waals surface area contributed by atoms with Gasteiger partial charge < -0.3 is 5.11 Å². The Morgan fingerprint density at radius 3 is 2.53 bits per heavy atom. The normalized spacial score (nSPS) is 10.9. The molecule has 0 fully saturated rings. The Hall–Kier alpha value is -1.00. The molecule has 0 aliphatic carbocycles. The molecule has 0 aromatic heterocycles. The van der Waals surface area contributed by atoms with E-state index in [1.54, 1.807) is 0 Å². The second kappa shape index (κ2) is 5.56. The fourth-order valence-electron chi connectivity index (χ4n) is 1.44. The van der Waals surface area contributed by atoms with Crippen molar-refractivity contribution in [3.05, 3.63) is 31.8 Å². The zero-order chi connectivity index (χ0) is 13.2. The average molecular weight is 278 g/mol. The van der Waals surface area contributed by atoms with Crippen LogP contribution in [0.3, 0.4) is 0 Å². The molecular formula is C11H13Cl2NO3. The standard InChI is InChI=1S/C11H13Cl2NO3/c1-6(2)3-4-7-8(12)5-9(14(16)17)11(15)10(7)13/h5-6,15H,3-4H2,1-2H3. The number of nitrogens with zero attached hydrogens (tertiary/aromatic N) is 1. The van der Waals surface area contributed by atoms with Crippen LogP contribution < -0.4 is 0 Å². The van der Waals surface area contributed by atoms with Gasteiger partial charge in [-0.25, -0.2) is 0 Å². The summed E-state index contributed by atoms with van der Waals surface area (Å²) in [6.07, 6.45) is 1.43. The number of hydrogen-bond acceptors (Lipinski definition) is 3. The molecule has 0 aliphatic rings. The molecule has 0 saturated heterocycles. The van der Waals surface area contributed by atoms with Crippen molar-refractivity contribution < 1.29 is 10.0 Å². The molecule has 0 heterocycles. The molecule has 1 aromatic rings. The van der Waals surface area contributed by atoms with Crippen LogP contribution in [0.25, 0.3) is 0 Å². The van der Waals surface area contributed by atoms with Gasteiger partial charge in [-0.2, -0.15) is 0 Å². The van der Waals surface area contributed by atoms with Crippen LogP contribution >= 0.6 is 23.2 Å². The Balaban J connectivity index is 3.16. The molecule has 0 saturated carbocycles. The monoisotopic (exact) mass is 277 g/mol. The van der Waals surface area contributed by atoms with Gasteiger partial charge in [-0.05, 0) is 24.3 Å². The van der Waals surface area contributed by atoms with Crippen LogP contribution in [0.5, 0.6) is 5.75 Å². The van der Waals surface area contributed by atoms with E-state index in [0.29, 0.717) is 17.9 Å². The predicted molar refractivity (Wildman–Crippen MR) is 67.9 cm³/mol. The zero-order valence-electron chi connectivity index (χ0n) is 9.54. The lowest BCUT2D eigenvalue weighted by Gasteiger charge is -2.10. The molecule has 17 heavy (non-hydrogen) atoms. The Morgan fingerprint density at radius 1 is 1.47 bits per heavy atom. The third kappa shape index (κ3) is 3.23. The molecule has 4 nitrogen and oxygen atoms in total. The molecule has 0 spiro atoms. The van der Waals surface area contributed by atoms with E-state index in [4.69, 9.17) is 23.2 Å². The van der Waals surface area contributed by atoms with Crippen molar-refractivity contribution in [3.8, 4) is 5.75 Å². The summed E-state index contributed by atoms with van der Waals surface area (Å²) in [5.41, 5.74) is 0.0958. The quantitative estimate of drug-likeness (QED) is 0.663. The van der Waals surface area contributed by atoms with Crippen LogP contribution in [0.4, 0.5) is 5.69 Å². The summed E-state index contributed by atoms with van der Waals surface area (Å²) in [5.74, 6) is -0.0562. The lowest BCUT2D eigenvalue weighted by molar-refractivity contribution is -0.385. The maximum Gasteiger partial charge on any atom is 0.313 e. The average Bonchev–Trinajstić information content (AvgIpc) is 2.22. The third-order valence-electron chi connectivity index (χ3n) is 2.44. The molecule has 0 amide bonds. The number of halogens is 2. The van der Waals surface area contributed by atoms with Gasteiger partial charge in [-0.3, -0.25) is 10.1 Å². The fraction of sp³-hybridized carbons (Fsp3) is 0.455. The van der Waals surface area contributed by atoms with E-state index in [9.17, 15) is 15.2 Å². The van der Waals surface area contributed by atoms with Gasteiger partial charge in [0.25, 0.3) is 0 Å². The molecule has 6 heteroatoms. The van der Waals surface area contributed by atoms with Crippen LogP contribution in [-0.4, -0.2) is 10.0 Å². The number of nitro benzene ring substituents is 1. The van der Waals surface area contributed by atoms with Gasteiger partial charge in [0.1, 0.15) is 0 Å². The number of hydrogen-bond donors (Lipinski definition) is 1. The van der Waals surface area contributed by atoms with Gasteiger partial charge in [0, 0.05) is 6.07 Å². The molecule has 94 valence electrons. The van der Waals surface area contributed by atoms with Gasteiger partial charge in [-0.1, -0.05) is 37.0 Å². The third-order valence-corrected chi connectivity index (χ3v) is 3.18. The fourth-order valence-corrected chi connectivity index (χ4v) is 2.07. The number of nitro groups is 1. The zero-order valence-corrected chi connectivity index (χ0v) is 11.0. The Morgan fingerprint density at radius 2 is 2.06 bits per heavy atom. The van der Waals surface area contributed by atoms with Crippen molar-refractivity contribution in [2.24, 2.45) is 5.92 Å². The van der Waals surface area contributed by atoms with E-state index in [2.05, 4.69) is 0 Å². The Bertz CT molecular complexity index is 447. The van der Waals surface area contributed by atoms with Crippen molar-refractivity contribution in [1.82, 2.24) is 0 Å². The number of phenolic OH excluding ortho intramolecular Hbond substituents is 1. The lowest BCUT2D eigenvalue weighted by Crippen LogP contribution is -1.97. The molecule has 1 aromatic carbocycles. The first-order valence-corrected chi connectivity index (χ1v) is 5.94. The summed E-state index contributed by atoms with van der Waals surface area (Å²) in [4.78, 5) is 9.92. The first-order chi connectivity index (χ1) is 7.84. The van der Waals surface area contributed by atoms with Gasteiger partial charge in [0.15, 0.2) is 0 Å². The topological polar surface area (TPSA) is 63.4 Å². The van der Waals surface area contributed by atoms with E-state index >= 15 is 0 Å². The van der Waals surface area contributed by atoms with E-state index in [1.807, 2.05) is 13.8 Å². The minimum Gasteiger partial charge on any atom is -0.501 e. The van der Waals surface area contributed by atoms with Crippen LogP contribution in [0.15, 0.2) is 6.07 Å². The highest BCUT2D eigenvalue weighted by Gasteiger charge is 2.22. The number of benzene rings is 1. The molecule has 0 unspecified atom stereocenters. The summed E-state index contributed by atoms with van der Waals surface area (Å²) in [6, 6.07) is 1.14. The van der Waals surface area contributed by atoms with Gasteiger partial charge >= 0.3 is 5.69 Å².